The third-order valence-electron chi connectivity index (χ3n) is 6.77. The molecule has 38 heavy (non-hydrogen) atoms. The fourth-order valence-corrected chi connectivity index (χ4v) is 4.54. The third-order valence-corrected chi connectivity index (χ3v) is 6.77. The number of nitrogens with zero attached hydrogens (tertiary/aromatic N) is 5. The summed E-state index contributed by atoms with van der Waals surface area (Å²) in [6.45, 7) is 6.73. The minimum absolute atomic E-state index is 0.111. The van der Waals surface area contributed by atoms with Crippen molar-refractivity contribution in [3.63, 3.8) is 0 Å². The van der Waals surface area contributed by atoms with Gasteiger partial charge in [0.1, 0.15) is 17.2 Å². The van der Waals surface area contributed by atoms with Crippen LogP contribution in [0.4, 0.5) is 11.6 Å². The second-order valence-corrected chi connectivity index (χ2v) is 9.72. The first kappa shape index (κ1) is 24.2. The van der Waals surface area contributed by atoms with Gasteiger partial charge in [0.2, 0.25) is 11.8 Å². The van der Waals surface area contributed by atoms with Gasteiger partial charge in [0.05, 0.1) is 13.2 Å². The van der Waals surface area contributed by atoms with Crippen LogP contribution in [0.15, 0.2) is 66.1 Å². The SMILES string of the molecule is C=CCn1c(=O)c2cnc(Nc3ccc(OCC4CC4)cc3)nc2n1-c1cccc(OC2CCNCC2)n1. The Hall–Kier alpha value is -4.18. The average molecular weight is 514 g/mol. The van der Waals surface area contributed by atoms with Crippen LogP contribution in [0.25, 0.3) is 16.9 Å². The zero-order valence-corrected chi connectivity index (χ0v) is 21.2. The molecule has 0 unspecified atom stereocenters. The molecule has 0 radical (unpaired) electrons. The molecule has 4 aromatic rings. The lowest BCUT2D eigenvalue weighted by Crippen LogP contribution is -2.34. The molecule has 4 heterocycles. The van der Waals surface area contributed by atoms with E-state index in [2.05, 4.69) is 22.2 Å². The molecule has 0 bridgehead atoms. The van der Waals surface area contributed by atoms with Crippen molar-refractivity contribution in [3.05, 3.63) is 71.7 Å². The van der Waals surface area contributed by atoms with E-state index in [0.717, 1.165) is 44.0 Å². The van der Waals surface area contributed by atoms with Crippen molar-refractivity contribution in [2.24, 2.45) is 5.92 Å². The monoisotopic (exact) mass is 513 g/mol. The highest BCUT2D eigenvalue weighted by molar-refractivity contribution is 5.77. The molecule has 1 aliphatic carbocycles. The van der Waals surface area contributed by atoms with Crippen LogP contribution < -0.4 is 25.7 Å². The lowest BCUT2D eigenvalue weighted by atomic mass is 10.1. The van der Waals surface area contributed by atoms with Gasteiger partial charge in [-0.1, -0.05) is 12.1 Å². The normalized spacial score (nSPS) is 15.9. The zero-order chi connectivity index (χ0) is 25.9. The van der Waals surface area contributed by atoms with Gasteiger partial charge in [0.25, 0.3) is 5.56 Å². The number of nitrogens with one attached hydrogen (secondary N) is 2. The maximum Gasteiger partial charge on any atom is 0.278 e. The topological polar surface area (TPSA) is 108 Å². The first-order valence-electron chi connectivity index (χ1n) is 13.1. The molecule has 10 heteroatoms. The molecule has 0 atom stereocenters. The van der Waals surface area contributed by atoms with Crippen LogP contribution in [-0.4, -0.2) is 50.1 Å². The maximum atomic E-state index is 13.2. The average Bonchev–Trinajstić information content (AvgIpc) is 3.74. The van der Waals surface area contributed by atoms with E-state index in [1.165, 1.54) is 12.8 Å². The highest BCUT2D eigenvalue weighted by Gasteiger charge is 2.22. The van der Waals surface area contributed by atoms with Gasteiger partial charge < -0.3 is 20.1 Å². The minimum Gasteiger partial charge on any atom is -0.493 e. The molecule has 3 aromatic heterocycles. The zero-order valence-electron chi connectivity index (χ0n) is 21.2. The van der Waals surface area contributed by atoms with E-state index >= 15 is 0 Å². The molecule has 0 amide bonds. The molecule has 0 spiro atoms. The standard InChI is InChI=1S/C28H31N7O3/c1-2-16-34-27(36)23-17-30-28(31-20-8-10-21(11-9-20)37-18-19-6-7-19)33-26(23)35(34)24-4-3-5-25(32-24)38-22-12-14-29-15-13-22/h2-5,8-11,17,19,22,29H,1,6-7,12-16,18H2,(H,30,31,33). The number of fused-ring (bicyclic) bond motifs is 1. The molecule has 1 saturated heterocycles. The molecular weight excluding hydrogens is 482 g/mol. The second-order valence-electron chi connectivity index (χ2n) is 9.72. The number of pyridine rings is 1. The van der Waals surface area contributed by atoms with Gasteiger partial charge in [-0.05, 0) is 75.0 Å². The molecule has 10 nitrogen and oxygen atoms in total. The lowest BCUT2D eigenvalue weighted by molar-refractivity contribution is 0.156. The summed E-state index contributed by atoms with van der Waals surface area (Å²) in [5, 5.41) is 6.97. The first-order chi connectivity index (χ1) is 18.7. The Morgan fingerprint density at radius 2 is 1.89 bits per heavy atom. The maximum absolute atomic E-state index is 13.2. The number of rotatable bonds is 10. The van der Waals surface area contributed by atoms with Crippen molar-refractivity contribution < 1.29 is 9.47 Å². The van der Waals surface area contributed by atoms with Crippen molar-refractivity contribution >= 4 is 22.7 Å². The molecule has 1 aromatic carbocycles. The van der Waals surface area contributed by atoms with Crippen LogP contribution in [0.1, 0.15) is 25.7 Å². The summed E-state index contributed by atoms with van der Waals surface area (Å²) in [5.41, 5.74) is 1.05. The number of ether oxygens (including phenoxy) is 2. The van der Waals surface area contributed by atoms with E-state index in [-0.39, 0.29) is 11.7 Å². The Labute approximate surface area is 220 Å². The lowest BCUT2D eigenvalue weighted by Gasteiger charge is -2.23. The Morgan fingerprint density at radius 3 is 2.66 bits per heavy atom. The van der Waals surface area contributed by atoms with Crippen LogP contribution in [0, 0.1) is 5.92 Å². The summed E-state index contributed by atoms with van der Waals surface area (Å²) < 4.78 is 15.2. The second kappa shape index (κ2) is 10.7. The van der Waals surface area contributed by atoms with Gasteiger partial charge in [0, 0.05) is 18.0 Å². The van der Waals surface area contributed by atoms with Crippen molar-refractivity contribution in [1.82, 2.24) is 29.6 Å². The van der Waals surface area contributed by atoms with E-state index in [1.54, 1.807) is 21.6 Å². The Morgan fingerprint density at radius 1 is 1.08 bits per heavy atom. The third kappa shape index (κ3) is 5.26. The summed E-state index contributed by atoms with van der Waals surface area (Å²) in [4.78, 5) is 27.1. The smallest absolute Gasteiger partial charge is 0.278 e. The Bertz CT molecular complexity index is 1480. The molecule has 1 aliphatic heterocycles. The van der Waals surface area contributed by atoms with Crippen LogP contribution in [0.2, 0.25) is 0 Å². The van der Waals surface area contributed by atoms with Crippen molar-refractivity contribution in [3.8, 4) is 17.4 Å². The molecule has 6 rings (SSSR count). The van der Waals surface area contributed by atoms with Gasteiger partial charge in [-0.3, -0.25) is 4.79 Å². The summed E-state index contributed by atoms with van der Waals surface area (Å²) >= 11 is 0. The van der Waals surface area contributed by atoms with E-state index in [0.29, 0.717) is 41.1 Å². The molecule has 1 saturated carbocycles. The van der Waals surface area contributed by atoms with E-state index < -0.39 is 0 Å². The van der Waals surface area contributed by atoms with Gasteiger partial charge >= 0.3 is 0 Å². The Balaban J connectivity index is 1.30. The number of aromatic nitrogens is 5. The van der Waals surface area contributed by atoms with Crippen LogP contribution in [-0.2, 0) is 6.54 Å². The van der Waals surface area contributed by atoms with Crippen LogP contribution >= 0.6 is 0 Å². The van der Waals surface area contributed by atoms with E-state index in [9.17, 15) is 4.79 Å². The highest BCUT2D eigenvalue weighted by Crippen LogP contribution is 2.30. The minimum atomic E-state index is -0.213. The molecule has 2 fully saturated rings. The predicted octanol–water partition coefficient (Wildman–Crippen LogP) is 3.83. The molecule has 2 N–H and O–H groups in total. The van der Waals surface area contributed by atoms with Gasteiger partial charge in [0.15, 0.2) is 11.5 Å². The number of hydrogen-bond donors (Lipinski definition) is 2. The summed E-state index contributed by atoms with van der Waals surface area (Å²) in [7, 11) is 0. The van der Waals surface area contributed by atoms with Gasteiger partial charge in [-0.25, -0.2) is 14.3 Å². The largest absolute Gasteiger partial charge is 0.493 e. The van der Waals surface area contributed by atoms with Crippen molar-refractivity contribution in [1.29, 1.82) is 0 Å². The number of piperidine rings is 1. The molecular formula is C28H31N7O3. The fraction of sp³-hybridized carbons (Fsp3) is 0.357. The van der Waals surface area contributed by atoms with Crippen LogP contribution in [0.5, 0.6) is 11.6 Å². The predicted molar refractivity (Wildman–Crippen MR) is 146 cm³/mol. The number of allylic oxidation sites excluding steroid dienone is 1. The fourth-order valence-electron chi connectivity index (χ4n) is 4.54. The summed E-state index contributed by atoms with van der Waals surface area (Å²) in [6.07, 6.45) is 7.69. The van der Waals surface area contributed by atoms with E-state index in [1.807, 2.05) is 42.5 Å². The highest BCUT2D eigenvalue weighted by atomic mass is 16.5. The Kier molecular flexibility index (Phi) is 6.78. The quantitative estimate of drug-likeness (QED) is 0.308. The van der Waals surface area contributed by atoms with E-state index in [4.69, 9.17) is 19.4 Å². The first-order valence-corrected chi connectivity index (χ1v) is 13.1. The summed E-state index contributed by atoms with van der Waals surface area (Å²) in [6, 6.07) is 13.3. The van der Waals surface area contributed by atoms with Crippen molar-refractivity contribution in [2.45, 2.75) is 38.3 Å². The van der Waals surface area contributed by atoms with Gasteiger partial charge in [-0.15, -0.1) is 6.58 Å². The number of hydrogen-bond acceptors (Lipinski definition) is 8. The van der Waals surface area contributed by atoms with Crippen LogP contribution in [0.3, 0.4) is 0 Å². The summed E-state index contributed by atoms with van der Waals surface area (Å²) in [5.74, 6) is 2.96. The number of benzene rings is 1. The molecule has 196 valence electrons. The molecule has 2 aliphatic rings. The van der Waals surface area contributed by atoms with Crippen molar-refractivity contribution in [2.75, 3.05) is 25.0 Å². The van der Waals surface area contributed by atoms with Gasteiger partial charge in [-0.2, -0.15) is 9.97 Å². The number of anilines is 2.